The van der Waals surface area contributed by atoms with Gasteiger partial charge in [-0.15, -0.1) is 10.2 Å². The maximum Gasteiger partial charge on any atom is 0.160 e. The Labute approximate surface area is 93.4 Å². The Bertz CT molecular complexity index is 623. The Balaban J connectivity index is 2.14. The second kappa shape index (κ2) is 3.45. The zero-order chi connectivity index (χ0) is 11.0. The number of nitrogens with zero attached hydrogens (tertiary/aromatic N) is 3. The summed E-state index contributed by atoms with van der Waals surface area (Å²) in [5.41, 5.74) is 4.53. The van der Waals surface area contributed by atoms with Crippen LogP contribution in [0.4, 0.5) is 0 Å². The van der Waals surface area contributed by atoms with Crippen molar-refractivity contribution in [3.63, 3.8) is 0 Å². The summed E-state index contributed by atoms with van der Waals surface area (Å²) in [6.45, 7) is 2.09. The van der Waals surface area contributed by atoms with E-state index in [0.717, 1.165) is 5.65 Å². The number of rotatable bonds is 1. The first-order valence-electron chi connectivity index (χ1n) is 5.19. The highest BCUT2D eigenvalue weighted by atomic mass is 15.2. The highest BCUT2D eigenvalue weighted by molar-refractivity contribution is 5.64. The summed E-state index contributed by atoms with van der Waals surface area (Å²) in [5, 5.41) is 7.84. The fourth-order valence-corrected chi connectivity index (χ4v) is 1.74. The molecule has 3 aromatic rings. The Kier molecular flexibility index (Phi) is 1.96. The molecule has 3 heteroatoms. The number of aryl methyl sites for hydroxylation is 1. The standard InChI is InChI=1S/C13H11N3/c1-10-2-4-11(5-3-10)12-6-7-13-15-14-9-16(13)8-12/h2-9H,1H3. The molecule has 0 unspecified atom stereocenters. The molecule has 0 saturated heterocycles. The van der Waals surface area contributed by atoms with Gasteiger partial charge in [0.25, 0.3) is 0 Å². The van der Waals surface area contributed by atoms with Crippen molar-refractivity contribution in [2.24, 2.45) is 0 Å². The number of hydrogen-bond acceptors (Lipinski definition) is 2. The second-order valence-corrected chi connectivity index (χ2v) is 3.88. The lowest BCUT2D eigenvalue weighted by atomic mass is 10.1. The predicted octanol–water partition coefficient (Wildman–Crippen LogP) is 2.70. The van der Waals surface area contributed by atoms with E-state index in [-0.39, 0.29) is 0 Å². The molecule has 0 amide bonds. The van der Waals surface area contributed by atoms with Gasteiger partial charge in [-0.05, 0) is 30.2 Å². The van der Waals surface area contributed by atoms with Gasteiger partial charge in [0.15, 0.2) is 5.65 Å². The third-order valence-electron chi connectivity index (χ3n) is 2.68. The lowest BCUT2D eigenvalue weighted by molar-refractivity contribution is 1.10. The van der Waals surface area contributed by atoms with E-state index in [1.165, 1.54) is 16.7 Å². The third kappa shape index (κ3) is 1.46. The molecule has 78 valence electrons. The van der Waals surface area contributed by atoms with E-state index in [9.17, 15) is 0 Å². The summed E-state index contributed by atoms with van der Waals surface area (Å²) in [6, 6.07) is 12.5. The van der Waals surface area contributed by atoms with Crippen molar-refractivity contribution >= 4 is 5.65 Å². The quantitative estimate of drug-likeness (QED) is 0.616. The van der Waals surface area contributed by atoms with Crippen molar-refractivity contribution < 1.29 is 0 Å². The molecule has 0 spiro atoms. The molecule has 0 atom stereocenters. The van der Waals surface area contributed by atoms with Gasteiger partial charge in [-0.3, -0.25) is 4.40 Å². The van der Waals surface area contributed by atoms with Crippen LogP contribution in [0.25, 0.3) is 16.8 Å². The van der Waals surface area contributed by atoms with Crippen molar-refractivity contribution in [3.05, 3.63) is 54.5 Å². The van der Waals surface area contributed by atoms with Gasteiger partial charge in [0.2, 0.25) is 0 Å². The molecule has 2 aromatic heterocycles. The number of pyridine rings is 1. The molecular formula is C13H11N3. The minimum absolute atomic E-state index is 0.871. The van der Waals surface area contributed by atoms with Crippen molar-refractivity contribution in [1.29, 1.82) is 0 Å². The highest BCUT2D eigenvalue weighted by Gasteiger charge is 1.99. The van der Waals surface area contributed by atoms with Crippen LogP contribution >= 0.6 is 0 Å². The number of fused-ring (bicyclic) bond motifs is 1. The van der Waals surface area contributed by atoms with Crippen LogP contribution in [0.5, 0.6) is 0 Å². The van der Waals surface area contributed by atoms with Crippen LogP contribution in [-0.2, 0) is 0 Å². The summed E-state index contributed by atoms with van der Waals surface area (Å²) >= 11 is 0. The Morgan fingerprint density at radius 1 is 0.938 bits per heavy atom. The molecule has 0 aliphatic heterocycles. The fourth-order valence-electron chi connectivity index (χ4n) is 1.74. The Morgan fingerprint density at radius 2 is 1.69 bits per heavy atom. The second-order valence-electron chi connectivity index (χ2n) is 3.88. The molecule has 0 N–H and O–H groups in total. The predicted molar refractivity (Wildman–Crippen MR) is 63.2 cm³/mol. The van der Waals surface area contributed by atoms with E-state index in [4.69, 9.17) is 0 Å². The largest absolute Gasteiger partial charge is 0.288 e. The average Bonchev–Trinajstić information content (AvgIpc) is 2.77. The summed E-state index contributed by atoms with van der Waals surface area (Å²) < 4.78 is 1.93. The van der Waals surface area contributed by atoms with Crippen LogP contribution in [0.2, 0.25) is 0 Å². The summed E-state index contributed by atoms with van der Waals surface area (Å²) in [6.07, 6.45) is 3.76. The molecule has 0 saturated carbocycles. The van der Waals surface area contributed by atoms with Gasteiger partial charge in [-0.1, -0.05) is 29.8 Å². The summed E-state index contributed by atoms with van der Waals surface area (Å²) in [4.78, 5) is 0. The molecule has 1 aromatic carbocycles. The average molecular weight is 209 g/mol. The van der Waals surface area contributed by atoms with Gasteiger partial charge < -0.3 is 0 Å². The maximum absolute atomic E-state index is 3.98. The van der Waals surface area contributed by atoms with Crippen molar-refractivity contribution in [1.82, 2.24) is 14.6 Å². The molecule has 3 rings (SSSR count). The Morgan fingerprint density at radius 3 is 2.50 bits per heavy atom. The molecule has 2 heterocycles. The van der Waals surface area contributed by atoms with E-state index in [1.807, 2.05) is 16.7 Å². The lowest BCUT2D eigenvalue weighted by Gasteiger charge is -2.02. The van der Waals surface area contributed by atoms with Crippen LogP contribution < -0.4 is 0 Å². The van der Waals surface area contributed by atoms with E-state index in [1.54, 1.807) is 6.33 Å². The maximum atomic E-state index is 3.98. The van der Waals surface area contributed by atoms with E-state index < -0.39 is 0 Å². The zero-order valence-electron chi connectivity index (χ0n) is 8.96. The molecule has 3 nitrogen and oxygen atoms in total. The molecule has 0 aliphatic rings. The molecular weight excluding hydrogens is 198 g/mol. The van der Waals surface area contributed by atoms with Crippen LogP contribution in [0.3, 0.4) is 0 Å². The smallest absolute Gasteiger partial charge is 0.160 e. The van der Waals surface area contributed by atoms with Crippen LogP contribution in [-0.4, -0.2) is 14.6 Å². The van der Waals surface area contributed by atoms with E-state index >= 15 is 0 Å². The van der Waals surface area contributed by atoms with Crippen molar-refractivity contribution in [2.75, 3.05) is 0 Å². The number of benzene rings is 1. The summed E-state index contributed by atoms with van der Waals surface area (Å²) in [7, 11) is 0. The van der Waals surface area contributed by atoms with Gasteiger partial charge in [-0.25, -0.2) is 0 Å². The molecule has 0 bridgehead atoms. The van der Waals surface area contributed by atoms with Crippen molar-refractivity contribution in [3.8, 4) is 11.1 Å². The highest BCUT2D eigenvalue weighted by Crippen LogP contribution is 2.19. The zero-order valence-corrected chi connectivity index (χ0v) is 8.96. The van der Waals surface area contributed by atoms with Crippen LogP contribution in [0, 0.1) is 6.92 Å². The van der Waals surface area contributed by atoms with Crippen LogP contribution in [0.15, 0.2) is 48.9 Å². The SMILES string of the molecule is Cc1ccc(-c2ccc3nncn3c2)cc1. The molecule has 16 heavy (non-hydrogen) atoms. The van der Waals surface area contributed by atoms with Crippen LogP contribution in [0.1, 0.15) is 5.56 Å². The third-order valence-corrected chi connectivity index (χ3v) is 2.68. The van der Waals surface area contributed by atoms with Crippen molar-refractivity contribution in [2.45, 2.75) is 6.92 Å². The number of hydrogen-bond donors (Lipinski definition) is 0. The fraction of sp³-hybridized carbons (Fsp3) is 0.0769. The number of aromatic nitrogens is 3. The molecule has 0 aliphatic carbocycles. The normalized spacial score (nSPS) is 10.8. The van der Waals surface area contributed by atoms with Gasteiger partial charge >= 0.3 is 0 Å². The monoisotopic (exact) mass is 209 g/mol. The summed E-state index contributed by atoms with van der Waals surface area (Å²) in [5.74, 6) is 0. The first kappa shape index (κ1) is 9.09. The first-order chi connectivity index (χ1) is 7.83. The topological polar surface area (TPSA) is 30.2 Å². The van der Waals surface area contributed by atoms with Gasteiger partial charge in [0.1, 0.15) is 6.33 Å². The minimum Gasteiger partial charge on any atom is -0.288 e. The molecule has 0 fully saturated rings. The Hall–Kier alpha value is -2.16. The van der Waals surface area contributed by atoms with Gasteiger partial charge in [-0.2, -0.15) is 0 Å². The van der Waals surface area contributed by atoms with Gasteiger partial charge in [0.05, 0.1) is 0 Å². The lowest BCUT2D eigenvalue weighted by Crippen LogP contribution is -1.85. The van der Waals surface area contributed by atoms with Gasteiger partial charge in [0, 0.05) is 6.20 Å². The van der Waals surface area contributed by atoms with E-state index in [2.05, 4.69) is 47.5 Å². The minimum atomic E-state index is 0.871. The first-order valence-corrected chi connectivity index (χ1v) is 5.19. The van der Waals surface area contributed by atoms with E-state index in [0.29, 0.717) is 0 Å². The molecule has 0 radical (unpaired) electrons.